The van der Waals surface area contributed by atoms with Crippen LogP contribution in [-0.4, -0.2) is 21.6 Å². The lowest BCUT2D eigenvalue weighted by molar-refractivity contribution is -0.129. The minimum atomic E-state index is -0.735. The van der Waals surface area contributed by atoms with Gasteiger partial charge in [0.05, 0.1) is 5.69 Å². The van der Waals surface area contributed by atoms with Crippen molar-refractivity contribution < 1.29 is 18.4 Å². The molecular formula is C20H22F2N4O2. The molecule has 8 heteroatoms. The van der Waals surface area contributed by atoms with Gasteiger partial charge in [0.15, 0.2) is 11.5 Å². The molecule has 2 bridgehead atoms. The number of benzene rings is 1. The fourth-order valence-electron chi connectivity index (χ4n) is 4.10. The molecule has 0 aliphatic heterocycles. The van der Waals surface area contributed by atoms with Crippen molar-refractivity contribution in [3.63, 3.8) is 0 Å². The Hall–Kier alpha value is -2.77. The number of rotatable bonds is 2. The van der Waals surface area contributed by atoms with E-state index in [-0.39, 0.29) is 29.1 Å². The van der Waals surface area contributed by atoms with Crippen molar-refractivity contribution >= 4 is 11.8 Å². The van der Waals surface area contributed by atoms with Gasteiger partial charge in [-0.1, -0.05) is 20.8 Å². The molecule has 2 aliphatic rings. The van der Waals surface area contributed by atoms with Crippen LogP contribution in [0.4, 0.5) is 8.78 Å². The number of hydrogen-bond acceptors (Lipinski definition) is 3. The van der Waals surface area contributed by atoms with E-state index in [4.69, 9.17) is 0 Å². The number of nitrogens with zero attached hydrogens (tertiary/aromatic N) is 2. The van der Waals surface area contributed by atoms with Crippen LogP contribution in [0.3, 0.4) is 0 Å². The molecule has 0 spiro atoms. The van der Waals surface area contributed by atoms with Crippen LogP contribution in [0, 0.1) is 17.0 Å². The fraction of sp³-hybridized carbons (Fsp3) is 0.450. The number of halogens is 2. The predicted octanol–water partition coefficient (Wildman–Crippen LogP) is 3.32. The molecular weight excluding hydrogens is 366 g/mol. The summed E-state index contributed by atoms with van der Waals surface area (Å²) in [5, 5.41) is 4.36. The van der Waals surface area contributed by atoms with E-state index < -0.39 is 23.0 Å². The van der Waals surface area contributed by atoms with Crippen molar-refractivity contribution in [1.82, 2.24) is 20.6 Å². The molecule has 2 aliphatic carbocycles. The third-order valence-electron chi connectivity index (χ3n) is 5.51. The number of fused-ring (bicyclic) bond motifs is 5. The summed E-state index contributed by atoms with van der Waals surface area (Å²) in [6, 6.07) is 3.30. The van der Waals surface area contributed by atoms with Crippen molar-refractivity contribution in [3.05, 3.63) is 46.8 Å². The highest BCUT2D eigenvalue weighted by atomic mass is 19.1. The Bertz CT molecular complexity index is 977. The van der Waals surface area contributed by atoms with Crippen LogP contribution in [0.1, 0.15) is 73.6 Å². The summed E-state index contributed by atoms with van der Waals surface area (Å²) < 4.78 is 29.1. The molecule has 148 valence electrons. The maximum atomic E-state index is 14.4. The SMILES string of the molecule is CC(C)(C)C(=O)NNC(=O)c1nn(-c2ccc(F)cc2F)c2c1C1CCC2C1. The summed E-state index contributed by atoms with van der Waals surface area (Å²) in [5.41, 5.74) is 6.08. The van der Waals surface area contributed by atoms with Crippen molar-refractivity contribution in [1.29, 1.82) is 0 Å². The quantitative estimate of drug-likeness (QED) is 0.775. The Balaban J connectivity index is 1.71. The number of nitrogens with one attached hydrogen (secondary N) is 2. The Kier molecular flexibility index (Phi) is 4.24. The monoisotopic (exact) mass is 388 g/mol. The molecule has 28 heavy (non-hydrogen) atoms. The van der Waals surface area contributed by atoms with E-state index in [0.29, 0.717) is 0 Å². The van der Waals surface area contributed by atoms with Crippen molar-refractivity contribution in [3.8, 4) is 5.69 Å². The van der Waals surface area contributed by atoms with E-state index in [1.54, 1.807) is 20.8 Å². The number of hydrogen-bond donors (Lipinski definition) is 2. The van der Waals surface area contributed by atoms with Crippen LogP contribution in [0.5, 0.6) is 0 Å². The lowest BCUT2D eigenvalue weighted by Crippen LogP contribution is -2.47. The molecule has 1 aromatic heterocycles. The molecule has 2 atom stereocenters. The molecule has 1 aromatic carbocycles. The first kappa shape index (κ1) is 18.6. The van der Waals surface area contributed by atoms with Crippen molar-refractivity contribution in [2.75, 3.05) is 0 Å². The van der Waals surface area contributed by atoms with Gasteiger partial charge in [-0.25, -0.2) is 13.5 Å². The average molecular weight is 388 g/mol. The third-order valence-corrected chi connectivity index (χ3v) is 5.51. The second-order valence-corrected chi connectivity index (χ2v) is 8.52. The highest BCUT2D eigenvalue weighted by Gasteiger charge is 2.44. The molecule has 1 saturated carbocycles. The lowest BCUT2D eigenvalue weighted by Gasteiger charge is -2.18. The van der Waals surface area contributed by atoms with Crippen LogP contribution in [0.25, 0.3) is 5.69 Å². The van der Waals surface area contributed by atoms with Gasteiger partial charge in [-0.2, -0.15) is 5.10 Å². The maximum absolute atomic E-state index is 14.4. The van der Waals surface area contributed by atoms with Gasteiger partial charge >= 0.3 is 0 Å². The third kappa shape index (κ3) is 2.96. The first-order valence-electron chi connectivity index (χ1n) is 9.36. The summed E-state index contributed by atoms with van der Waals surface area (Å²) in [6.07, 6.45) is 2.79. The number of amides is 2. The van der Waals surface area contributed by atoms with Gasteiger partial charge in [0.25, 0.3) is 5.91 Å². The molecule has 1 heterocycles. The van der Waals surface area contributed by atoms with Crippen LogP contribution in [0.15, 0.2) is 18.2 Å². The maximum Gasteiger partial charge on any atom is 0.290 e. The number of carbonyl (C=O) groups excluding carboxylic acids is 2. The minimum absolute atomic E-state index is 0.114. The first-order valence-corrected chi connectivity index (χ1v) is 9.36. The molecule has 1 fully saturated rings. The number of aromatic nitrogens is 2. The summed E-state index contributed by atoms with van der Waals surface area (Å²) in [4.78, 5) is 24.8. The Morgan fingerprint density at radius 3 is 2.54 bits per heavy atom. The Labute approximate surface area is 161 Å². The normalized spacial score (nSPS) is 20.2. The molecule has 2 unspecified atom stereocenters. The topological polar surface area (TPSA) is 76.0 Å². The smallest absolute Gasteiger partial charge is 0.273 e. The van der Waals surface area contributed by atoms with Gasteiger partial charge in [0, 0.05) is 23.0 Å². The van der Waals surface area contributed by atoms with Crippen molar-refractivity contribution in [2.45, 2.75) is 51.9 Å². The van der Waals surface area contributed by atoms with Gasteiger partial charge in [0.1, 0.15) is 11.5 Å². The van der Waals surface area contributed by atoms with Crippen LogP contribution in [-0.2, 0) is 4.79 Å². The van der Waals surface area contributed by atoms with E-state index in [0.717, 1.165) is 36.6 Å². The first-order chi connectivity index (χ1) is 13.2. The average Bonchev–Trinajstić information content (AvgIpc) is 3.31. The van der Waals surface area contributed by atoms with Gasteiger partial charge < -0.3 is 0 Å². The van der Waals surface area contributed by atoms with E-state index in [9.17, 15) is 18.4 Å². The second-order valence-electron chi connectivity index (χ2n) is 8.52. The zero-order valence-electron chi connectivity index (χ0n) is 16.0. The summed E-state index contributed by atoms with van der Waals surface area (Å²) >= 11 is 0. The summed E-state index contributed by atoms with van der Waals surface area (Å²) in [5.74, 6) is -1.89. The van der Waals surface area contributed by atoms with Crippen LogP contribution >= 0.6 is 0 Å². The molecule has 0 saturated heterocycles. The zero-order chi connectivity index (χ0) is 20.2. The Morgan fingerprint density at radius 2 is 1.86 bits per heavy atom. The van der Waals surface area contributed by atoms with Crippen molar-refractivity contribution in [2.24, 2.45) is 5.41 Å². The molecule has 0 radical (unpaired) electrons. The highest BCUT2D eigenvalue weighted by Crippen LogP contribution is 2.54. The summed E-state index contributed by atoms with van der Waals surface area (Å²) in [7, 11) is 0. The van der Waals surface area contributed by atoms with Gasteiger partial charge in [-0.05, 0) is 37.3 Å². The van der Waals surface area contributed by atoms with Gasteiger partial charge in [0.2, 0.25) is 5.91 Å². The molecule has 2 amide bonds. The van der Waals surface area contributed by atoms with E-state index in [1.807, 2.05) is 0 Å². The molecule has 6 nitrogen and oxygen atoms in total. The zero-order valence-corrected chi connectivity index (χ0v) is 16.0. The fourth-order valence-corrected chi connectivity index (χ4v) is 4.10. The Morgan fingerprint density at radius 1 is 1.14 bits per heavy atom. The lowest BCUT2D eigenvalue weighted by atomic mass is 9.95. The van der Waals surface area contributed by atoms with Gasteiger partial charge in [-0.15, -0.1) is 0 Å². The van der Waals surface area contributed by atoms with E-state index >= 15 is 0 Å². The summed E-state index contributed by atoms with van der Waals surface area (Å²) in [6.45, 7) is 5.20. The predicted molar refractivity (Wildman–Crippen MR) is 97.9 cm³/mol. The largest absolute Gasteiger partial charge is 0.290 e. The van der Waals surface area contributed by atoms with Crippen LogP contribution < -0.4 is 10.9 Å². The molecule has 2 aromatic rings. The molecule has 2 N–H and O–H groups in total. The van der Waals surface area contributed by atoms with Crippen LogP contribution in [0.2, 0.25) is 0 Å². The standard InChI is InChI=1S/C20H22F2N4O2/c1-20(2,3)19(28)24-23-18(27)16-15-10-4-5-11(8-10)17(15)26(25-16)14-7-6-12(21)9-13(14)22/h6-7,9-11H,4-5,8H2,1-3H3,(H,23,27)(H,24,28). The molecule has 4 rings (SSSR count). The number of hydrazine groups is 1. The highest BCUT2D eigenvalue weighted by molar-refractivity contribution is 5.96. The van der Waals surface area contributed by atoms with Gasteiger partial charge in [-0.3, -0.25) is 20.4 Å². The minimum Gasteiger partial charge on any atom is -0.273 e. The van der Waals surface area contributed by atoms with E-state index in [2.05, 4.69) is 16.0 Å². The second kappa shape index (κ2) is 6.39. The van der Waals surface area contributed by atoms with E-state index in [1.165, 1.54) is 16.8 Å². The number of carbonyl (C=O) groups is 2.